The monoisotopic (exact) mass is 433 g/mol. The Morgan fingerprint density at radius 1 is 0.962 bits per heavy atom. The van der Waals surface area contributed by atoms with Crippen LogP contribution in [0.3, 0.4) is 0 Å². The molecule has 9 heteroatoms. The second kappa shape index (κ2) is 7.48. The lowest BCUT2D eigenvalue weighted by molar-refractivity contribution is 0.428. The van der Waals surface area contributed by atoms with Crippen LogP contribution in [-0.4, -0.2) is 40.0 Å². The zero-order valence-corrected chi connectivity index (χ0v) is 16.8. The van der Waals surface area contributed by atoms with Crippen molar-refractivity contribution in [2.75, 3.05) is 18.8 Å². The first-order valence-electron chi connectivity index (χ1n) is 7.93. The van der Waals surface area contributed by atoms with Crippen LogP contribution in [0.2, 0.25) is 10.0 Å². The van der Waals surface area contributed by atoms with Crippen LogP contribution >= 0.6 is 23.2 Å². The smallest absolute Gasteiger partial charge is 0.228 e. The Morgan fingerprint density at radius 2 is 1.62 bits per heavy atom. The van der Waals surface area contributed by atoms with Gasteiger partial charge in [-0.15, -0.1) is 0 Å². The fraction of sp³-hybridized carbons (Fsp3) is 0.294. The van der Waals surface area contributed by atoms with E-state index in [1.165, 1.54) is 28.6 Å². The van der Waals surface area contributed by atoms with Gasteiger partial charge in [-0.05, 0) is 42.3 Å². The molecular formula is C17H17Cl2NO4S2. The van der Waals surface area contributed by atoms with Gasteiger partial charge in [0.1, 0.15) is 0 Å². The van der Waals surface area contributed by atoms with Crippen molar-refractivity contribution >= 4 is 43.1 Å². The van der Waals surface area contributed by atoms with Crippen LogP contribution in [0, 0.1) is 0 Å². The number of nitrogens with zero attached hydrogens (tertiary/aromatic N) is 1. The molecule has 1 atom stereocenters. The number of rotatable bonds is 3. The summed E-state index contributed by atoms with van der Waals surface area (Å²) in [6.45, 7) is 0.00826. The summed E-state index contributed by atoms with van der Waals surface area (Å²) in [5.74, 6) is -0.254. The number of sulfonamides is 1. The molecule has 1 unspecified atom stereocenters. The van der Waals surface area contributed by atoms with Crippen LogP contribution < -0.4 is 0 Å². The van der Waals surface area contributed by atoms with Crippen molar-refractivity contribution in [3.63, 3.8) is 0 Å². The fourth-order valence-electron chi connectivity index (χ4n) is 3.01. The number of benzene rings is 2. The molecular weight excluding hydrogens is 417 g/mol. The van der Waals surface area contributed by atoms with Gasteiger partial charge in [0.25, 0.3) is 0 Å². The highest BCUT2D eigenvalue weighted by molar-refractivity contribution is 7.92. The van der Waals surface area contributed by atoms with Crippen LogP contribution in [0.4, 0.5) is 0 Å². The number of sulfone groups is 1. The minimum Gasteiger partial charge on any atom is -0.228 e. The van der Waals surface area contributed by atoms with Gasteiger partial charge < -0.3 is 0 Å². The molecule has 5 nitrogen and oxygen atoms in total. The van der Waals surface area contributed by atoms with Crippen LogP contribution in [0.5, 0.6) is 0 Å². The van der Waals surface area contributed by atoms with Gasteiger partial charge in [-0.25, -0.2) is 16.8 Å². The Kier molecular flexibility index (Phi) is 5.65. The van der Waals surface area contributed by atoms with Gasteiger partial charge in [0, 0.05) is 23.1 Å². The largest absolute Gasteiger partial charge is 0.243 e. The Hall–Kier alpha value is -1.12. The number of halogens is 2. The first-order chi connectivity index (χ1) is 12.2. The van der Waals surface area contributed by atoms with E-state index >= 15 is 0 Å². The molecule has 0 N–H and O–H groups in total. The average molecular weight is 434 g/mol. The molecule has 0 amide bonds. The zero-order valence-electron chi connectivity index (χ0n) is 13.7. The van der Waals surface area contributed by atoms with Crippen LogP contribution in [0.1, 0.15) is 17.2 Å². The maximum atomic E-state index is 12.8. The van der Waals surface area contributed by atoms with Crippen molar-refractivity contribution in [1.82, 2.24) is 4.31 Å². The number of hydrogen-bond donors (Lipinski definition) is 0. The second-order valence-electron chi connectivity index (χ2n) is 6.02. The Morgan fingerprint density at radius 3 is 2.27 bits per heavy atom. The quantitative estimate of drug-likeness (QED) is 0.741. The molecule has 140 valence electrons. The maximum Gasteiger partial charge on any atom is 0.243 e. The normalized spacial score (nSPS) is 21.2. The summed E-state index contributed by atoms with van der Waals surface area (Å²) in [6.07, 6.45) is 0.152. The zero-order chi connectivity index (χ0) is 18.9. The standard InChI is InChI=1S/C17H17Cl2NO4S2/c18-13-5-7-14(8-6-13)26(23,24)20-10-9-17(25(21,22)12-11-20)15-3-1-2-4-16(15)19/h1-8,17H,9-12H2. The molecule has 0 aromatic heterocycles. The van der Waals surface area contributed by atoms with Gasteiger partial charge in [-0.1, -0.05) is 41.4 Å². The van der Waals surface area contributed by atoms with Crippen molar-refractivity contribution in [3.05, 3.63) is 64.1 Å². The van der Waals surface area contributed by atoms with Gasteiger partial charge in [-0.3, -0.25) is 0 Å². The average Bonchev–Trinajstić information content (AvgIpc) is 2.74. The third-order valence-corrected chi connectivity index (χ3v) is 9.02. The summed E-state index contributed by atoms with van der Waals surface area (Å²) in [6, 6.07) is 12.6. The molecule has 1 aliphatic rings. The lowest BCUT2D eigenvalue weighted by Crippen LogP contribution is -2.33. The van der Waals surface area contributed by atoms with Crippen LogP contribution in [-0.2, 0) is 19.9 Å². The van der Waals surface area contributed by atoms with Crippen LogP contribution in [0.25, 0.3) is 0 Å². The molecule has 2 aromatic carbocycles. The van der Waals surface area contributed by atoms with Gasteiger partial charge in [0.15, 0.2) is 9.84 Å². The van der Waals surface area contributed by atoms with Gasteiger partial charge in [0.2, 0.25) is 10.0 Å². The summed E-state index contributed by atoms with van der Waals surface area (Å²) in [4.78, 5) is 0.0930. The lowest BCUT2D eigenvalue weighted by Gasteiger charge is -2.20. The first-order valence-corrected chi connectivity index (χ1v) is 11.8. The first kappa shape index (κ1) is 19.6. The molecule has 0 aliphatic carbocycles. The summed E-state index contributed by atoms with van der Waals surface area (Å²) >= 11 is 12.0. The third kappa shape index (κ3) is 3.92. The van der Waals surface area contributed by atoms with Crippen molar-refractivity contribution in [1.29, 1.82) is 0 Å². The Bertz CT molecular complexity index is 1010. The summed E-state index contributed by atoms with van der Waals surface area (Å²) in [7, 11) is -7.32. The van der Waals surface area contributed by atoms with Gasteiger partial charge in [-0.2, -0.15) is 4.31 Å². The van der Waals surface area contributed by atoms with Crippen LogP contribution in [0.15, 0.2) is 53.4 Å². The summed E-state index contributed by atoms with van der Waals surface area (Å²) < 4.78 is 52.3. The van der Waals surface area contributed by atoms with Crippen molar-refractivity contribution in [2.24, 2.45) is 0 Å². The molecule has 0 spiro atoms. The van der Waals surface area contributed by atoms with E-state index < -0.39 is 25.1 Å². The van der Waals surface area contributed by atoms with Crippen molar-refractivity contribution in [2.45, 2.75) is 16.6 Å². The minimum atomic E-state index is -3.79. The topological polar surface area (TPSA) is 71.5 Å². The van der Waals surface area contributed by atoms with E-state index in [1.807, 2.05) is 0 Å². The predicted molar refractivity (Wildman–Crippen MR) is 103 cm³/mol. The SMILES string of the molecule is O=S1(=O)CCN(S(=O)(=O)c2ccc(Cl)cc2)CCC1c1ccccc1Cl. The van der Waals surface area contributed by atoms with E-state index in [0.29, 0.717) is 15.6 Å². The molecule has 26 heavy (non-hydrogen) atoms. The second-order valence-corrected chi connectivity index (χ2v) is 11.1. The molecule has 2 aromatic rings. The Balaban J connectivity index is 1.91. The molecule has 1 saturated heterocycles. The molecule has 1 fully saturated rings. The molecule has 1 heterocycles. The Labute approximate surface area is 163 Å². The van der Waals surface area contributed by atoms with E-state index in [9.17, 15) is 16.8 Å². The molecule has 0 bridgehead atoms. The van der Waals surface area contributed by atoms with Gasteiger partial charge in [0.05, 0.1) is 15.9 Å². The molecule has 3 rings (SSSR count). The number of hydrogen-bond acceptors (Lipinski definition) is 4. The fourth-order valence-corrected chi connectivity index (χ4v) is 6.85. The van der Waals surface area contributed by atoms with Gasteiger partial charge >= 0.3 is 0 Å². The van der Waals surface area contributed by atoms with E-state index in [2.05, 4.69) is 0 Å². The highest BCUT2D eigenvalue weighted by Gasteiger charge is 2.36. The summed E-state index contributed by atoms with van der Waals surface area (Å²) in [5, 5.41) is -0.0159. The van der Waals surface area contributed by atoms with E-state index in [1.54, 1.807) is 24.3 Å². The molecule has 1 aliphatic heterocycles. The van der Waals surface area contributed by atoms with E-state index in [-0.39, 0.29) is 30.2 Å². The van der Waals surface area contributed by atoms with Crippen molar-refractivity contribution in [3.8, 4) is 0 Å². The summed E-state index contributed by atoms with van der Waals surface area (Å²) in [5.41, 5.74) is 0.514. The predicted octanol–water partition coefficient (Wildman–Crippen LogP) is 3.54. The molecule has 0 radical (unpaired) electrons. The lowest BCUT2D eigenvalue weighted by atomic mass is 10.1. The third-order valence-electron chi connectivity index (χ3n) is 4.40. The van der Waals surface area contributed by atoms with E-state index in [0.717, 1.165) is 0 Å². The minimum absolute atomic E-state index is 0.0890. The highest BCUT2D eigenvalue weighted by Crippen LogP contribution is 2.34. The molecule has 0 saturated carbocycles. The highest BCUT2D eigenvalue weighted by atomic mass is 35.5. The van der Waals surface area contributed by atoms with E-state index in [4.69, 9.17) is 23.2 Å². The van der Waals surface area contributed by atoms with Crippen molar-refractivity contribution < 1.29 is 16.8 Å². The maximum absolute atomic E-state index is 12.8.